The van der Waals surface area contributed by atoms with Crippen molar-refractivity contribution in [3.05, 3.63) is 52.9 Å². The summed E-state index contributed by atoms with van der Waals surface area (Å²) < 4.78 is 0. The van der Waals surface area contributed by atoms with Crippen molar-refractivity contribution in [2.75, 3.05) is 5.73 Å². The van der Waals surface area contributed by atoms with E-state index in [1.807, 2.05) is 18.2 Å². The maximum absolute atomic E-state index is 11.4. The van der Waals surface area contributed by atoms with Crippen LogP contribution in [0.3, 0.4) is 0 Å². The van der Waals surface area contributed by atoms with Crippen LogP contribution >= 0.6 is 0 Å². The molecule has 6 heteroatoms. The van der Waals surface area contributed by atoms with Crippen molar-refractivity contribution < 1.29 is 0 Å². The Morgan fingerprint density at radius 2 is 2.00 bits per heavy atom. The quantitative estimate of drug-likeness (QED) is 0.642. The molecule has 0 spiro atoms. The van der Waals surface area contributed by atoms with Crippen LogP contribution in [0.2, 0.25) is 0 Å². The van der Waals surface area contributed by atoms with Crippen LogP contribution in [0.4, 0.5) is 5.82 Å². The van der Waals surface area contributed by atoms with Crippen molar-refractivity contribution in [2.24, 2.45) is 0 Å². The Morgan fingerprint density at radius 3 is 2.74 bits per heavy atom. The zero-order valence-electron chi connectivity index (χ0n) is 9.92. The molecule has 0 unspecified atom stereocenters. The number of nitrogens with zero attached hydrogens (tertiary/aromatic N) is 2. The van der Waals surface area contributed by atoms with Crippen molar-refractivity contribution >= 4 is 5.82 Å². The number of nitrogen functional groups attached to an aromatic ring is 1. The minimum absolute atomic E-state index is 0.183. The second-order valence-electron chi connectivity index (χ2n) is 4.00. The first kappa shape index (κ1) is 11.2. The molecule has 0 saturated heterocycles. The Hall–Kier alpha value is -2.89. The fraction of sp³-hybridized carbons (Fsp3) is 0. The fourth-order valence-corrected chi connectivity index (χ4v) is 1.91. The second-order valence-corrected chi connectivity index (χ2v) is 4.00. The third kappa shape index (κ3) is 1.99. The summed E-state index contributed by atoms with van der Waals surface area (Å²) >= 11 is 0. The molecule has 0 radical (unpaired) electrons. The molecule has 3 aromatic heterocycles. The monoisotopic (exact) mass is 253 g/mol. The smallest absolute Gasteiger partial charge is 0.248 e. The molecule has 3 aromatic rings. The Bertz CT molecular complexity index is 760. The van der Waals surface area contributed by atoms with Gasteiger partial charge in [-0.15, -0.1) is 0 Å². The van der Waals surface area contributed by atoms with Gasteiger partial charge >= 0.3 is 0 Å². The summed E-state index contributed by atoms with van der Waals surface area (Å²) in [7, 11) is 0. The molecule has 0 aromatic carbocycles. The molecule has 0 amide bonds. The van der Waals surface area contributed by atoms with E-state index in [-0.39, 0.29) is 5.56 Å². The van der Waals surface area contributed by atoms with Gasteiger partial charge in [0.05, 0.1) is 22.6 Å². The zero-order chi connectivity index (χ0) is 13.2. The van der Waals surface area contributed by atoms with Crippen LogP contribution in [-0.4, -0.2) is 20.2 Å². The first-order valence-corrected chi connectivity index (χ1v) is 5.70. The maximum atomic E-state index is 11.4. The van der Waals surface area contributed by atoms with Crippen LogP contribution in [0.25, 0.3) is 22.6 Å². The number of aromatic nitrogens is 4. The molecule has 6 nitrogen and oxygen atoms in total. The number of rotatable bonds is 2. The summed E-state index contributed by atoms with van der Waals surface area (Å²) in [5.41, 5.74) is 8.35. The molecular formula is C13H11N5O. The summed E-state index contributed by atoms with van der Waals surface area (Å²) in [6.45, 7) is 0. The third-order valence-corrected chi connectivity index (χ3v) is 2.75. The molecule has 0 atom stereocenters. The van der Waals surface area contributed by atoms with E-state index in [4.69, 9.17) is 5.73 Å². The molecule has 0 aliphatic rings. The van der Waals surface area contributed by atoms with Crippen molar-refractivity contribution in [3.8, 4) is 22.6 Å². The highest BCUT2D eigenvalue weighted by Crippen LogP contribution is 2.31. The molecule has 4 N–H and O–H groups in total. The standard InChI is InChI=1S/C13H11N5O/c14-13-11(8-4-1-2-7-15-8)12(17-18-13)9-5-3-6-10(19)16-9/h1-7H,(H,16,19)(H3,14,17,18). The van der Waals surface area contributed by atoms with Crippen molar-refractivity contribution in [1.82, 2.24) is 20.2 Å². The highest BCUT2D eigenvalue weighted by atomic mass is 16.1. The van der Waals surface area contributed by atoms with Gasteiger partial charge in [0, 0.05) is 12.3 Å². The second kappa shape index (κ2) is 4.41. The lowest BCUT2D eigenvalue weighted by Crippen LogP contribution is -2.04. The summed E-state index contributed by atoms with van der Waals surface area (Å²) in [4.78, 5) is 18.4. The van der Waals surface area contributed by atoms with E-state index >= 15 is 0 Å². The minimum Gasteiger partial charge on any atom is -0.382 e. The zero-order valence-corrected chi connectivity index (χ0v) is 9.92. The predicted octanol–water partition coefficient (Wildman–Crippen LogP) is 1.41. The summed E-state index contributed by atoms with van der Waals surface area (Å²) in [6.07, 6.45) is 1.68. The summed E-state index contributed by atoms with van der Waals surface area (Å²) in [5.74, 6) is 0.346. The number of pyridine rings is 2. The number of H-pyrrole nitrogens is 2. The molecular weight excluding hydrogens is 242 g/mol. The first-order valence-electron chi connectivity index (χ1n) is 5.70. The third-order valence-electron chi connectivity index (χ3n) is 2.75. The number of hydrogen-bond donors (Lipinski definition) is 3. The van der Waals surface area contributed by atoms with Crippen molar-refractivity contribution in [3.63, 3.8) is 0 Å². The predicted molar refractivity (Wildman–Crippen MR) is 72.3 cm³/mol. The Morgan fingerprint density at radius 1 is 1.11 bits per heavy atom. The van der Waals surface area contributed by atoms with Crippen LogP contribution in [-0.2, 0) is 0 Å². The van der Waals surface area contributed by atoms with Crippen molar-refractivity contribution in [1.29, 1.82) is 0 Å². The average molecular weight is 253 g/mol. The number of anilines is 1. The van der Waals surface area contributed by atoms with Gasteiger partial charge in [0.1, 0.15) is 0 Å². The van der Waals surface area contributed by atoms with Gasteiger partial charge < -0.3 is 10.7 Å². The average Bonchev–Trinajstić information content (AvgIpc) is 2.82. The topological polar surface area (TPSA) is 100 Å². The van der Waals surface area contributed by atoms with Crippen LogP contribution in [0.5, 0.6) is 0 Å². The summed E-state index contributed by atoms with van der Waals surface area (Å²) in [5, 5.41) is 6.82. The Kier molecular flexibility index (Phi) is 2.60. The van der Waals surface area contributed by atoms with Gasteiger partial charge in [-0.2, -0.15) is 5.10 Å². The van der Waals surface area contributed by atoms with Crippen LogP contribution in [0.15, 0.2) is 47.4 Å². The van der Waals surface area contributed by atoms with Gasteiger partial charge in [0.2, 0.25) is 5.56 Å². The first-order chi connectivity index (χ1) is 9.25. The van der Waals surface area contributed by atoms with Gasteiger partial charge in [0.25, 0.3) is 0 Å². The maximum Gasteiger partial charge on any atom is 0.248 e. The fourth-order valence-electron chi connectivity index (χ4n) is 1.91. The minimum atomic E-state index is -0.183. The summed E-state index contributed by atoms with van der Waals surface area (Å²) in [6, 6.07) is 10.4. The molecule has 3 heterocycles. The number of aromatic amines is 2. The Balaban J connectivity index is 2.22. The highest BCUT2D eigenvalue weighted by Gasteiger charge is 2.15. The highest BCUT2D eigenvalue weighted by molar-refractivity contribution is 5.84. The molecule has 3 rings (SSSR count). The molecule has 0 fully saturated rings. The van der Waals surface area contributed by atoms with Crippen LogP contribution in [0.1, 0.15) is 0 Å². The number of nitrogens with one attached hydrogen (secondary N) is 2. The van der Waals surface area contributed by atoms with Gasteiger partial charge in [-0.05, 0) is 18.2 Å². The largest absolute Gasteiger partial charge is 0.382 e. The molecule has 94 valence electrons. The van der Waals surface area contributed by atoms with E-state index < -0.39 is 0 Å². The lowest BCUT2D eigenvalue weighted by Gasteiger charge is -2.03. The van der Waals surface area contributed by atoms with E-state index in [2.05, 4.69) is 20.2 Å². The molecule has 19 heavy (non-hydrogen) atoms. The van der Waals surface area contributed by atoms with Crippen LogP contribution in [0, 0.1) is 0 Å². The van der Waals surface area contributed by atoms with E-state index in [0.717, 1.165) is 0 Å². The van der Waals surface area contributed by atoms with Gasteiger partial charge in [-0.25, -0.2) is 0 Å². The SMILES string of the molecule is Nc1n[nH]c(-c2cccc(=O)[nH]2)c1-c1ccccn1. The molecule has 0 aliphatic carbocycles. The lowest BCUT2D eigenvalue weighted by molar-refractivity contribution is 1.09. The van der Waals surface area contributed by atoms with Gasteiger partial charge in [0.15, 0.2) is 5.82 Å². The van der Waals surface area contributed by atoms with E-state index in [0.29, 0.717) is 28.5 Å². The van der Waals surface area contributed by atoms with E-state index in [9.17, 15) is 4.79 Å². The molecule has 0 aliphatic heterocycles. The molecule has 0 saturated carbocycles. The van der Waals surface area contributed by atoms with Crippen molar-refractivity contribution in [2.45, 2.75) is 0 Å². The number of hydrogen-bond acceptors (Lipinski definition) is 4. The van der Waals surface area contributed by atoms with Gasteiger partial charge in [-0.1, -0.05) is 12.1 Å². The van der Waals surface area contributed by atoms with E-state index in [1.165, 1.54) is 6.07 Å². The number of nitrogens with two attached hydrogens (primary N) is 1. The lowest BCUT2D eigenvalue weighted by atomic mass is 10.1. The normalized spacial score (nSPS) is 10.5. The Labute approximate surface area is 108 Å². The van der Waals surface area contributed by atoms with E-state index in [1.54, 1.807) is 18.3 Å². The molecule has 0 bridgehead atoms. The van der Waals surface area contributed by atoms with Gasteiger partial charge in [-0.3, -0.25) is 14.9 Å². The van der Waals surface area contributed by atoms with Crippen LogP contribution < -0.4 is 11.3 Å².